The summed E-state index contributed by atoms with van der Waals surface area (Å²) >= 11 is 0. The van der Waals surface area contributed by atoms with Gasteiger partial charge in [0.25, 0.3) is 0 Å². The number of nitro groups is 1. The third kappa shape index (κ3) is 3.07. The molecule has 1 atom stereocenters. The summed E-state index contributed by atoms with van der Waals surface area (Å²) in [6.07, 6.45) is 0.989. The normalized spacial score (nSPS) is 14.5. The first-order valence-electron chi connectivity index (χ1n) is 8.61. The monoisotopic (exact) mass is 429 g/mol. The van der Waals surface area contributed by atoms with Crippen LogP contribution in [0, 0.1) is 10.1 Å². The van der Waals surface area contributed by atoms with Crippen LogP contribution in [0.1, 0.15) is 18.6 Å². The highest BCUT2D eigenvalue weighted by atomic mass is 32.2. The summed E-state index contributed by atoms with van der Waals surface area (Å²) in [6, 6.07) is 7.45. The van der Waals surface area contributed by atoms with Crippen LogP contribution in [0.25, 0.3) is 0 Å². The number of aromatic nitrogens is 2. The zero-order chi connectivity index (χ0) is 21.6. The summed E-state index contributed by atoms with van der Waals surface area (Å²) in [5, 5.41) is 37.7. The van der Waals surface area contributed by atoms with Crippen molar-refractivity contribution >= 4 is 38.4 Å². The second-order valence-corrected chi connectivity index (χ2v) is 8.44. The third-order valence-corrected chi connectivity index (χ3v) is 6.39. The average molecular weight is 429 g/mol. The highest BCUT2D eigenvalue weighted by molar-refractivity contribution is 7.92. The molecule has 2 aliphatic heterocycles. The molecule has 0 saturated carbocycles. The number of anilines is 4. The third-order valence-electron chi connectivity index (χ3n) is 4.60. The summed E-state index contributed by atoms with van der Waals surface area (Å²) in [6.45, 7) is 1.41. The van der Waals surface area contributed by atoms with Gasteiger partial charge in [-0.15, -0.1) is 0 Å². The maximum Gasteiger partial charge on any atom is 0.329 e. The van der Waals surface area contributed by atoms with Crippen LogP contribution in [0.5, 0.6) is 5.75 Å². The first-order valence-corrected chi connectivity index (χ1v) is 10.1. The number of sulfone groups is 1. The number of rotatable bonds is 6. The molecule has 3 heterocycles. The molecule has 0 spiro atoms. The van der Waals surface area contributed by atoms with Crippen molar-refractivity contribution < 1.29 is 23.6 Å². The maximum absolute atomic E-state index is 12.0. The van der Waals surface area contributed by atoms with Crippen molar-refractivity contribution in [2.24, 2.45) is 0 Å². The summed E-state index contributed by atoms with van der Waals surface area (Å²) in [5.41, 5.74) is 0.285. The van der Waals surface area contributed by atoms with Crippen LogP contribution in [0.3, 0.4) is 0 Å². The van der Waals surface area contributed by atoms with E-state index in [4.69, 9.17) is 0 Å². The number of nitrogens with one attached hydrogen (secondary N) is 2. The molecule has 3 aromatic rings. The number of hydrogen-bond acceptors (Lipinski definition) is 10. The molecule has 11 nitrogen and oxygen atoms in total. The zero-order valence-electron chi connectivity index (χ0n) is 15.4. The highest BCUT2D eigenvalue weighted by Gasteiger charge is 2.32. The Bertz CT molecular complexity index is 1290. The van der Waals surface area contributed by atoms with E-state index in [1.54, 1.807) is 6.07 Å². The predicted molar refractivity (Wildman–Crippen MR) is 106 cm³/mol. The van der Waals surface area contributed by atoms with Gasteiger partial charge in [0, 0.05) is 11.3 Å². The molecule has 1 unspecified atom stereocenters. The van der Waals surface area contributed by atoms with E-state index in [0.717, 1.165) is 12.5 Å². The van der Waals surface area contributed by atoms with Gasteiger partial charge in [0.05, 0.1) is 32.2 Å². The second kappa shape index (κ2) is 6.93. The lowest BCUT2D eigenvalue weighted by Gasteiger charge is -2.22. The number of hydrogen-bond donors (Lipinski definition) is 4. The fraction of sp³-hybridized carbons (Fsp3) is 0.111. The molecule has 12 heteroatoms. The number of aromatic hydroxyl groups is 1. The minimum absolute atomic E-state index is 0.0472. The molecular weight excluding hydrogens is 414 g/mol. The summed E-state index contributed by atoms with van der Waals surface area (Å²) in [4.78, 5) is 18.3. The van der Waals surface area contributed by atoms with E-state index in [9.17, 15) is 28.7 Å². The van der Waals surface area contributed by atoms with E-state index in [1.807, 2.05) is 0 Å². The van der Waals surface area contributed by atoms with E-state index >= 15 is 0 Å². The fourth-order valence-electron chi connectivity index (χ4n) is 3.13. The first-order chi connectivity index (χ1) is 14.2. The number of nitrogens with zero attached hydrogens (tertiary/aromatic N) is 3. The zero-order valence-corrected chi connectivity index (χ0v) is 16.2. The SMILES string of the molecule is CC(O)c1c(Nc2ncncc2[N+](=O)[O-])ccc(Nc2ccc3cc2S3(=O)=O)c1O. The Balaban J connectivity index is 1.73. The first kappa shape index (κ1) is 19.5. The van der Waals surface area contributed by atoms with Crippen molar-refractivity contribution in [3.8, 4) is 5.75 Å². The molecule has 0 radical (unpaired) electrons. The second-order valence-electron chi connectivity index (χ2n) is 6.52. The summed E-state index contributed by atoms with van der Waals surface area (Å²) in [7, 11) is -3.46. The number of aliphatic hydroxyl groups is 1. The van der Waals surface area contributed by atoms with E-state index < -0.39 is 20.9 Å². The molecule has 30 heavy (non-hydrogen) atoms. The van der Waals surface area contributed by atoms with E-state index in [2.05, 4.69) is 20.6 Å². The lowest BCUT2D eigenvalue weighted by molar-refractivity contribution is -0.384. The molecule has 4 N–H and O–H groups in total. The largest absolute Gasteiger partial charge is 0.505 e. The van der Waals surface area contributed by atoms with Gasteiger partial charge in [-0.2, -0.15) is 0 Å². The van der Waals surface area contributed by atoms with Gasteiger partial charge >= 0.3 is 5.69 Å². The molecule has 2 bridgehead atoms. The number of benzene rings is 2. The molecule has 2 aliphatic rings. The van der Waals surface area contributed by atoms with Gasteiger partial charge in [0.2, 0.25) is 15.7 Å². The maximum atomic E-state index is 12.0. The standard InChI is InChI=1S/C18H15N5O6S/c1-9(24)16-12(22-18-14(23(26)27)7-19-8-20-18)4-5-13(17(16)25)21-11-3-2-10-6-15(11)30(10,28)29/h2-9,21,24-25H,1H3,(H,19,20,22). The molecule has 1 aromatic heterocycles. The van der Waals surface area contributed by atoms with Crippen LogP contribution in [-0.4, -0.2) is 33.5 Å². The average Bonchev–Trinajstić information content (AvgIpc) is 2.70. The number of phenols is 1. The van der Waals surface area contributed by atoms with Crippen LogP contribution in [-0.2, 0) is 9.84 Å². The van der Waals surface area contributed by atoms with Gasteiger partial charge in [-0.05, 0) is 37.3 Å². The lowest BCUT2D eigenvalue weighted by atomic mass is 10.0. The van der Waals surface area contributed by atoms with Gasteiger partial charge in [0.1, 0.15) is 18.3 Å². The summed E-state index contributed by atoms with van der Waals surface area (Å²) < 4.78 is 24.1. The van der Waals surface area contributed by atoms with Crippen LogP contribution >= 0.6 is 0 Å². The Morgan fingerprint density at radius 3 is 2.47 bits per heavy atom. The predicted octanol–water partition coefficient (Wildman–Crippen LogP) is 2.78. The van der Waals surface area contributed by atoms with Crippen molar-refractivity contribution in [1.82, 2.24) is 9.97 Å². The van der Waals surface area contributed by atoms with Crippen molar-refractivity contribution in [3.63, 3.8) is 0 Å². The molecular formula is C18H15N5O6S. The van der Waals surface area contributed by atoms with E-state index in [-0.39, 0.29) is 49.7 Å². The molecule has 2 aromatic carbocycles. The van der Waals surface area contributed by atoms with Crippen LogP contribution in [0.15, 0.2) is 52.6 Å². The minimum Gasteiger partial charge on any atom is -0.505 e. The molecule has 0 amide bonds. The Morgan fingerprint density at radius 2 is 1.83 bits per heavy atom. The van der Waals surface area contributed by atoms with Crippen LogP contribution < -0.4 is 10.6 Å². The quantitative estimate of drug-likeness (QED) is 0.203. The van der Waals surface area contributed by atoms with Gasteiger partial charge in [0.15, 0.2) is 0 Å². The van der Waals surface area contributed by atoms with E-state index in [1.165, 1.54) is 31.2 Å². The van der Waals surface area contributed by atoms with Crippen molar-refractivity contribution in [2.45, 2.75) is 22.8 Å². The Kier molecular flexibility index (Phi) is 4.51. The van der Waals surface area contributed by atoms with E-state index in [0.29, 0.717) is 0 Å². The number of aliphatic hydroxyl groups excluding tert-OH is 1. The summed E-state index contributed by atoms with van der Waals surface area (Å²) in [5.74, 6) is -0.463. The van der Waals surface area contributed by atoms with Crippen LogP contribution in [0.2, 0.25) is 0 Å². The molecule has 0 saturated heterocycles. The Hall–Kier alpha value is -3.77. The van der Waals surface area contributed by atoms with Gasteiger partial charge in [-0.3, -0.25) is 10.1 Å². The van der Waals surface area contributed by atoms with Gasteiger partial charge in [-0.1, -0.05) is 0 Å². The number of phenolic OH excluding ortho intramolecular Hbond substituents is 1. The highest BCUT2D eigenvalue weighted by Crippen LogP contribution is 2.44. The number of fused-ring (bicyclic) bond motifs is 2. The van der Waals surface area contributed by atoms with Gasteiger partial charge in [-0.25, -0.2) is 18.4 Å². The fourth-order valence-corrected chi connectivity index (χ4v) is 4.41. The Morgan fingerprint density at radius 1 is 1.13 bits per heavy atom. The van der Waals surface area contributed by atoms with Crippen LogP contribution in [0.4, 0.5) is 28.6 Å². The Labute approximate surface area is 170 Å². The van der Waals surface area contributed by atoms with Crippen molar-refractivity contribution in [3.05, 3.63) is 58.5 Å². The molecule has 5 rings (SSSR count). The minimum atomic E-state index is -3.46. The van der Waals surface area contributed by atoms with Gasteiger partial charge < -0.3 is 20.8 Å². The molecule has 154 valence electrons. The molecule has 0 aliphatic carbocycles. The smallest absolute Gasteiger partial charge is 0.329 e. The van der Waals surface area contributed by atoms with Crippen molar-refractivity contribution in [2.75, 3.05) is 10.6 Å². The van der Waals surface area contributed by atoms with Crippen molar-refractivity contribution in [1.29, 1.82) is 0 Å². The molecule has 0 fully saturated rings. The topological polar surface area (TPSA) is 168 Å². The lowest BCUT2D eigenvalue weighted by Crippen LogP contribution is -2.14.